The molecule has 2 heterocycles. The highest BCUT2D eigenvalue weighted by molar-refractivity contribution is 5.73. The minimum absolute atomic E-state index is 0.249. The molecule has 0 unspecified atom stereocenters. The molecule has 2 aromatic rings. The Morgan fingerprint density at radius 2 is 1.79 bits per heavy atom. The first-order valence-electron chi connectivity index (χ1n) is 9.70. The number of hydrogen-bond donors (Lipinski definition) is 2. The Kier molecular flexibility index (Phi) is 6.22. The summed E-state index contributed by atoms with van der Waals surface area (Å²) in [5.74, 6) is -0.281. The first-order chi connectivity index (χ1) is 14.1. The van der Waals surface area contributed by atoms with Gasteiger partial charge in [-0.3, -0.25) is 4.79 Å². The van der Waals surface area contributed by atoms with E-state index in [0.717, 1.165) is 11.1 Å². The zero-order valence-electron chi connectivity index (χ0n) is 16.1. The van der Waals surface area contributed by atoms with Gasteiger partial charge in [-0.05, 0) is 5.56 Å². The first kappa shape index (κ1) is 20.0. The Morgan fingerprint density at radius 3 is 2.48 bits per heavy atom. The van der Waals surface area contributed by atoms with Gasteiger partial charge in [0.25, 0.3) is 0 Å². The summed E-state index contributed by atoms with van der Waals surface area (Å²) >= 11 is 0. The summed E-state index contributed by atoms with van der Waals surface area (Å²) in [6.07, 6.45) is -3.59. The van der Waals surface area contributed by atoms with E-state index in [-0.39, 0.29) is 12.5 Å². The molecular weight excluding hydrogens is 374 g/mol. The standard InChI is InChI=1S/C22H25NO6/c1-14(24)23-18-19(25)20-17(13-27-21(29-20)16-10-6-3-7-11-16)28-22(18)26-12-15-8-4-2-5-9-15/h2-11,17-22,25H,12-13H2,1H3,(H,23,24)/t17-,18+,19-,20+,21-,22-/m1/s1. The third-order valence-corrected chi connectivity index (χ3v) is 5.06. The van der Waals surface area contributed by atoms with Crippen LogP contribution in [0.4, 0.5) is 0 Å². The summed E-state index contributed by atoms with van der Waals surface area (Å²) < 4.78 is 23.8. The van der Waals surface area contributed by atoms with E-state index in [2.05, 4.69) is 5.32 Å². The number of fused-ring (bicyclic) bond motifs is 1. The lowest BCUT2D eigenvalue weighted by molar-refractivity contribution is -0.345. The van der Waals surface area contributed by atoms with Gasteiger partial charge in [-0.15, -0.1) is 0 Å². The second-order valence-electron chi connectivity index (χ2n) is 7.23. The largest absolute Gasteiger partial charge is 0.388 e. The van der Waals surface area contributed by atoms with Crippen LogP contribution in [0.1, 0.15) is 24.3 Å². The maximum Gasteiger partial charge on any atom is 0.217 e. The van der Waals surface area contributed by atoms with Crippen LogP contribution in [-0.4, -0.2) is 48.3 Å². The molecular formula is C22H25NO6. The molecule has 7 heteroatoms. The lowest BCUT2D eigenvalue weighted by Gasteiger charge is -2.47. The van der Waals surface area contributed by atoms with Crippen LogP contribution < -0.4 is 5.32 Å². The molecule has 2 aliphatic heterocycles. The highest BCUT2D eigenvalue weighted by atomic mass is 16.7. The van der Waals surface area contributed by atoms with Crippen LogP contribution in [0.25, 0.3) is 0 Å². The van der Waals surface area contributed by atoms with E-state index in [1.807, 2.05) is 60.7 Å². The molecule has 0 radical (unpaired) electrons. The molecule has 0 spiro atoms. The van der Waals surface area contributed by atoms with Gasteiger partial charge in [-0.1, -0.05) is 60.7 Å². The Balaban J connectivity index is 1.48. The molecule has 154 valence electrons. The summed E-state index contributed by atoms with van der Waals surface area (Å²) in [6, 6.07) is 18.4. The van der Waals surface area contributed by atoms with Crippen molar-refractivity contribution in [3.63, 3.8) is 0 Å². The smallest absolute Gasteiger partial charge is 0.217 e. The summed E-state index contributed by atoms with van der Waals surface area (Å²) in [7, 11) is 0. The van der Waals surface area contributed by atoms with Crippen molar-refractivity contribution in [3.8, 4) is 0 Å². The molecule has 2 aromatic carbocycles. The highest BCUT2D eigenvalue weighted by Crippen LogP contribution is 2.34. The molecule has 29 heavy (non-hydrogen) atoms. The summed E-state index contributed by atoms with van der Waals surface area (Å²) in [4.78, 5) is 11.7. The van der Waals surface area contributed by atoms with Crippen molar-refractivity contribution in [2.45, 2.75) is 50.5 Å². The van der Waals surface area contributed by atoms with Crippen LogP contribution in [0.2, 0.25) is 0 Å². The summed E-state index contributed by atoms with van der Waals surface area (Å²) in [5.41, 5.74) is 1.83. The van der Waals surface area contributed by atoms with Crippen LogP contribution in [0.3, 0.4) is 0 Å². The van der Waals surface area contributed by atoms with Crippen molar-refractivity contribution in [2.24, 2.45) is 0 Å². The van der Waals surface area contributed by atoms with Crippen molar-refractivity contribution < 1.29 is 28.8 Å². The zero-order valence-corrected chi connectivity index (χ0v) is 16.1. The van der Waals surface area contributed by atoms with Crippen molar-refractivity contribution >= 4 is 5.91 Å². The number of carbonyl (C=O) groups excluding carboxylic acids is 1. The molecule has 4 rings (SSSR count). The molecule has 0 aliphatic carbocycles. The van der Waals surface area contributed by atoms with E-state index >= 15 is 0 Å². The third kappa shape index (κ3) is 4.66. The van der Waals surface area contributed by atoms with E-state index in [9.17, 15) is 9.90 Å². The molecule has 2 N–H and O–H groups in total. The second-order valence-corrected chi connectivity index (χ2v) is 7.23. The maximum atomic E-state index is 11.7. The SMILES string of the molecule is CC(=O)N[C@@H]1[C@H](OCc2ccccc2)O[C@@H]2CO[C@@H](c3ccccc3)O[C@@H]2[C@@H]1O. The number of aliphatic hydroxyl groups is 1. The molecule has 0 bridgehead atoms. The average molecular weight is 399 g/mol. The van der Waals surface area contributed by atoms with E-state index in [1.54, 1.807) is 0 Å². The Hall–Kier alpha value is -2.29. The quantitative estimate of drug-likeness (QED) is 0.799. The second kappa shape index (κ2) is 9.02. The number of rotatable bonds is 5. The number of ether oxygens (including phenoxy) is 4. The van der Waals surface area contributed by atoms with Crippen molar-refractivity contribution in [2.75, 3.05) is 6.61 Å². The lowest BCUT2D eigenvalue weighted by Crippen LogP contribution is -2.66. The van der Waals surface area contributed by atoms with Gasteiger partial charge in [0.2, 0.25) is 5.91 Å². The van der Waals surface area contributed by atoms with Crippen LogP contribution in [0.5, 0.6) is 0 Å². The molecule has 6 atom stereocenters. The predicted molar refractivity (Wildman–Crippen MR) is 104 cm³/mol. The fraction of sp³-hybridized carbons (Fsp3) is 0.409. The van der Waals surface area contributed by atoms with E-state index < -0.39 is 36.9 Å². The van der Waals surface area contributed by atoms with E-state index in [1.165, 1.54) is 6.92 Å². The zero-order chi connectivity index (χ0) is 20.2. The highest BCUT2D eigenvalue weighted by Gasteiger charge is 2.50. The fourth-order valence-corrected chi connectivity index (χ4v) is 3.65. The molecule has 2 fully saturated rings. The van der Waals surface area contributed by atoms with Gasteiger partial charge in [-0.2, -0.15) is 0 Å². The Bertz CT molecular complexity index is 801. The van der Waals surface area contributed by atoms with Gasteiger partial charge in [0.1, 0.15) is 24.4 Å². The number of benzene rings is 2. The van der Waals surface area contributed by atoms with Gasteiger partial charge in [0.05, 0.1) is 13.2 Å². The maximum absolute atomic E-state index is 11.7. The summed E-state index contributed by atoms with van der Waals surface area (Å²) in [5, 5.41) is 13.7. The van der Waals surface area contributed by atoms with Crippen LogP contribution in [-0.2, 0) is 30.3 Å². The average Bonchev–Trinajstić information content (AvgIpc) is 2.75. The van der Waals surface area contributed by atoms with Crippen LogP contribution in [0, 0.1) is 0 Å². The van der Waals surface area contributed by atoms with Crippen molar-refractivity contribution in [3.05, 3.63) is 71.8 Å². The number of carbonyl (C=O) groups is 1. The van der Waals surface area contributed by atoms with Crippen LogP contribution in [0.15, 0.2) is 60.7 Å². The molecule has 2 aliphatic rings. The number of hydrogen-bond acceptors (Lipinski definition) is 6. The van der Waals surface area contributed by atoms with Crippen LogP contribution >= 0.6 is 0 Å². The minimum Gasteiger partial charge on any atom is -0.388 e. The predicted octanol–water partition coefficient (Wildman–Crippen LogP) is 1.91. The molecule has 0 saturated carbocycles. The Morgan fingerprint density at radius 1 is 1.10 bits per heavy atom. The monoisotopic (exact) mass is 399 g/mol. The lowest BCUT2D eigenvalue weighted by atomic mass is 9.95. The molecule has 0 aromatic heterocycles. The number of nitrogens with one attached hydrogen (secondary N) is 1. The third-order valence-electron chi connectivity index (χ3n) is 5.06. The van der Waals surface area contributed by atoms with Gasteiger partial charge in [0.15, 0.2) is 12.6 Å². The minimum atomic E-state index is -1.01. The normalized spacial score (nSPS) is 31.7. The topological polar surface area (TPSA) is 86.3 Å². The van der Waals surface area contributed by atoms with Crippen molar-refractivity contribution in [1.82, 2.24) is 5.32 Å². The number of amides is 1. The Labute approximate surface area is 169 Å². The van der Waals surface area contributed by atoms with Gasteiger partial charge in [-0.25, -0.2) is 0 Å². The van der Waals surface area contributed by atoms with E-state index in [0.29, 0.717) is 6.61 Å². The van der Waals surface area contributed by atoms with Gasteiger partial charge in [0, 0.05) is 12.5 Å². The number of aliphatic hydroxyl groups excluding tert-OH is 1. The first-order valence-corrected chi connectivity index (χ1v) is 9.70. The van der Waals surface area contributed by atoms with Gasteiger partial charge < -0.3 is 29.4 Å². The van der Waals surface area contributed by atoms with E-state index in [4.69, 9.17) is 18.9 Å². The molecule has 7 nitrogen and oxygen atoms in total. The van der Waals surface area contributed by atoms with Gasteiger partial charge >= 0.3 is 0 Å². The summed E-state index contributed by atoms with van der Waals surface area (Å²) in [6.45, 7) is 1.93. The molecule has 2 saturated heterocycles. The fourth-order valence-electron chi connectivity index (χ4n) is 3.65. The van der Waals surface area contributed by atoms with Crippen molar-refractivity contribution in [1.29, 1.82) is 0 Å². The molecule has 1 amide bonds.